The van der Waals surface area contributed by atoms with Gasteiger partial charge in [0.1, 0.15) is 6.04 Å². The number of amides is 2. The summed E-state index contributed by atoms with van der Waals surface area (Å²) in [6.07, 6.45) is 1.93. The molecule has 0 bridgehead atoms. The van der Waals surface area contributed by atoms with Gasteiger partial charge in [0.05, 0.1) is 19.5 Å². The average molecular weight is 431 g/mol. The molecule has 164 valence electrons. The molecule has 2 aliphatic heterocycles. The quantitative estimate of drug-likeness (QED) is 0.686. The van der Waals surface area contributed by atoms with Gasteiger partial charge in [-0.2, -0.15) is 0 Å². The number of furan rings is 1. The van der Waals surface area contributed by atoms with Crippen LogP contribution in [0.5, 0.6) is 0 Å². The normalized spacial score (nSPS) is 18.2. The molecule has 5 rings (SSSR count). The molecule has 1 N–H and O–H groups in total. The second-order valence-corrected chi connectivity index (χ2v) is 8.03. The summed E-state index contributed by atoms with van der Waals surface area (Å²) in [5, 5.41) is 3.00. The maximum absolute atomic E-state index is 13.3. The minimum absolute atomic E-state index is 0.210. The van der Waals surface area contributed by atoms with Crippen LogP contribution in [0.4, 0.5) is 11.4 Å². The Bertz CT molecular complexity index is 1090. The number of rotatable bonds is 4. The van der Waals surface area contributed by atoms with E-state index in [2.05, 4.69) is 10.2 Å². The van der Waals surface area contributed by atoms with Crippen LogP contribution < -0.4 is 10.2 Å². The molecule has 2 amide bonds. The number of ether oxygens (including phenoxy) is 1. The molecule has 0 saturated carbocycles. The zero-order chi connectivity index (χ0) is 21.9. The molecule has 0 radical (unpaired) electrons. The summed E-state index contributed by atoms with van der Waals surface area (Å²) in [7, 11) is 0. The SMILES string of the molecule is O=C(Nc1ccc(N2CCOCC2)cc1)C1Cc2ccccc2CN1C(=O)c1ccco1. The zero-order valence-electron chi connectivity index (χ0n) is 17.7. The number of morpholine rings is 1. The van der Waals surface area contributed by atoms with Crippen LogP contribution in [0.1, 0.15) is 21.7 Å². The molecular weight excluding hydrogens is 406 g/mol. The summed E-state index contributed by atoms with van der Waals surface area (Å²) in [6.45, 7) is 3.53. The van der Waals surface area contributed by atoms with Crippen molar-refractivity contribution in [3.63, 3.8) is 0 Å². The molecule has 3 aromatic rings. The number of nitrogens with one attached hydrogen (secondary N) is 1. The number of hydrogen-bond acceptors (Lipinski definition) is 5. The molecular formula is C25H25N3O4. The van der Waals surface area contributed by atoms with Gasteiger partial charge in [0.25, 0.3) is 5.91 Å². The lowest BCUT2D eigenvalue weighted by Gasteiger charge is -2.35. The van der Waals surface area contributed by atoms with E-state index in [1.165, 1.54) is 6.26 Å². The molecule has 0 aliphatic carbocycles. The van der Waals surface area contributed by atoms with Crippen molar-refractivity contribution >= 4 is 23.2 Å². The molecule has 2 aliphatic rings. The third kappa shape index (κ3) is 4.11. The minimum Gasteiger partial charge on any atom is -0.459 e. The van der Waals surface area contributed by atoms with Crippen LogP contribution >= 0.6 is 0 Å². The van der Waals surface area contributed by atoms with Crippen molar-refractivity contribution in [2.75, 3.05) is 36.5 Å². The second-order valence-electron chi connectivity index (χ2n) is 8.03. The van der Waals surface area contributed by atoms with Gasteiger partial charge in [-0.15, -0.1) is 0 Å². The number of hydrogen-bond donors (Lipinski definition) is 1. The Morgan fingerprint density at radius 3 is 2.38 bits per heavy atom. The van der Waals surface area contributed by atoms with Gasteiger partial charge in [-0.05, 0) is 47.5 Å². The molecule has 1 atom stereocenters. The fourth-order valence-electron chi connectivity index (χ4n) is 4.32. The van der Waals surface area contributed by atoms with Gasteiger partial charge >= 0.3 is 0 Å². The number of benzene rings is 2. The first kappa shape index (κ1) is 20.3. The van der Waals surface area contributed by atoms with E-state index in [1.54, 1.807) is 17.0 Å². The number of carbonyl (C=O) groups is 2. The van der Waals surface area contributed by atoms with Crippen molar-refractivity contribution in [2.45, 2.75) is 19.0 Å². The molecule has 7 heteroatoms. The summed E-state index contributed by atoms with van der Waals surface area (Å²) in [4.78, 5) is 30.2. The van der Waals surface area contributed by atoms with E-state index < -0.39 is 6.04 Å². The van der Waals surface area contributed by atoms with Crippen molar-refractivity contribution in [3.8, 4) is 0 Å². The Morgan fingerprint density at radius 1 is 0.906 bits per heavy atom. The lowest BCUT2D eigenvalue weighted by molar-refractivity contribution is -0.121. The highest BCUT2D eigenvalue weighted by Crippen LogP contribution is 2.27. The molecule has 7 nitrogen and oxygen atoms in total. The molecule has 1 saturated heterocycles. The Hall–Kier alpha value is -3.58. The highest BCUT2D eigenvalue weighted by Gasteiger charge is 2.36. The van der Waals surface area contributed by atoms with E-state index in [0.29, 0.717) is 18.7 Å². The van der Waals surface area contributed by atoms with Gasteiger partial charge in [0, 0.05) is 37.4 Å². The van der Waals surface area contributed by atoms with Crippen molar-refractivity contribution in [1.29, 1.82) is 0 Å². The minimum atomic E-state index is -0.624. The van der Waals surface area contributed by atoms with Gasteiger partial charge in [-0.1, -0.05) is 24.3 Å². The number of anilines is 2. The van der Waals surface area contributed by atoms with Crippen molar-refractivity contribution < 1.29 is 18.7 Å². The monoisotopic (exact) mass is 431 g/mol. The standard InChI is InChI=1S/C25H25N3O4/c29-24(26-20-7-9-21(10-8-20)27-11-14-31-15-12-27)22-16-18-4-1-2-5-19(18)17-28(22)25(30)23-6-3-13-32-23/h1-10,13,22H,11-12,14-17H2,(H,26,29). The number of fused-ring (bicyclic) bond motifs is 1. The molecule has 2 aromatic carbocycles. The van der Waals surface area contributed by atoms with Gasteiger partial charge in [-0.25, -0.2) is 0 Å². The van der Waals surface area contributed by atoms with Gasteiger partial charge in [0.15, 0.2) is 5.76 Å². The summed E-state index contributed by atoms with van der Waals surface area (Å²) in [6, 6.07) is 18.4. The molecule has 1 unspecified atom stereocenters. The summed E-state index contributed by atoms with van der Waals surface area (Å²) >= 11 is 0. The molecule has 3 heterocycles. The fraction of sp³-hybridized carbons (Fsp3) is 0.280. The fourth-order valence-corrected chi connectivity index (χ4v) is 4.32. The zero-order valence-corrected chi connectivity index (χ0v) is 17.7. The first-order chi connectivity index (χ1) is 15.7. The van der Waals surface area contributed by atoms with E-state index >= 15 is 0 Å². The summed E-state index contributed by atoms with van der Waals surface area (Å²) < 4.78 is 10.7. The van der Waals surface area contributed by atoms with Crippen LogP contribution in [0.2, 0.25) is 0 Å². The Morgan fingerprint density at radius 2 is 1.66 bits per heavy atom. The first-order valence-electron chi connectivity index (χ1n) is 10.8. The maximum Gasteiger partial charge on any atom is 0.290 e. The van der Waals surface area contributed by atoms with Crippen LogP contribution in [0.15, 0.2) is 71.3 Å². The van der Waals surface area contributed by atoms with E-state index in [-0.39, 0.29) is 17.6 Å². The van der Waals surface area contributed by atoms with Gasteiger partial charge in [-0.3, -0.25) is 9.59 Å². The Kier molecular flexibility index (Phi) is 5.64. The predicted octanol–water partition coefficient (Wildman–Crippen LogP) is 3.32. The van der Waals surface area contributed by atoms with E-state index in [9.17, 15) is 9.59 Å². The van der Waals surface area contributed by atoms with Crippen LogP contribution in [0, 0.1) is 0 Å². The summed E-state index contributed by atoms with van der Waals surface area (Å²) in [5.41, 5.74) is 3.94. The number of nitrogens with zero attached hydrogens (tertiary/aromatic N) is 2. The van der Waals surface area contributed by atoms with E-state index in [0.717, 1.165) is 43.1 Å². The smallest absolute Gasteiger partial charge is 0.290 e. The third-order valence-corrected chi connectivity index (χ3v) is 6.06. The second kappa shape index (κ2) is 8.88. The summed E-state index contributed by atoms with van der Waals surface area (Å²) in [5.74, 6) is -0.261. The molecule has 1 fully saturated rings. The lowest BCUT2D eigenvalue weighted by atomic mass is 9.93. The Labute approximate surface area is 186 Å². The van der Waals surface area contributed by atoms with Crippen molar-refractivity contribution in [2.24, 2.45) is 0 Å². The Balaban J connectivity index is 1.35. The van der Waals surface area contributed by atoms with Crippen molar-refractivity contribution in [1.82, 2.24) is 4.90 Å². The van der Waals surface area contributed by atoms with Gasteiger partial charge < -0.3 is 24.3 Å². The highest BCUT2D eigenvalue weighted by molar-refractivity contribution is 6.00. The lowest BCUT2D eigenvalue weighted by Crippen LogP contribution is -2.50. The highest BCUT2D eigenvalue weighted by atomic mass is 16.5. The predicted molar refractivity (Wildman–Crippen MR) is 121 cm³/mol. The third-order valence-electron chi connectivity index (χ3n) is 6.06. The van der Waals surface area contributed by atoms with Gasteiger partial charge in [0.2, 0.25) is 5.91 Å². The topological polar surface area (TPSA) is 75.0 Å². The maximum atomic E-state index is 13.3. The molecule has 0 spiro atoms. The largest absolute Gasteiger partial charge is 0.459 e. The van der Waals surface area contributed by atoms with Crippen LogP contribution in [0.3, 0.4) is 0 Å². The van der Waals surface area contributed by atoms with Crippen molar-refractivity contribution in [3.05, 3.63) is 83.8 Å². The molecule has 32 heavy (non-hydrogen) atoms. The first-order valence-corrected chi connectivity index (χ1v) is 10.8. The average Bonchev–Trinajstić information content (AvgIpc) is 3.39. The van der Waals surface area contributed by atoms with Crippen LogP contribution in [0.25, 0.3) is 0 Å². The molecule has 1 aromatic heterocycles. The van der Waals surface area contributed by atoms with E-state index in [1.807, 2.05) is 48.5 Å². The van der Waals surface area contributed by atoms with Crippen LogP contribution in [-0.4, -0.2) is 49.1 Å². The van der Waals surface area contributed by atoms with E-state index in [4.69, 9.17) is 9.15 Å². The van der Waals surface area contributed by atoms with Crippen LogP contribution in [-0.2, 0) is 22.5 Å². The number of carbonyl (C=O) groups excluding carboxylic acids is 2.